The van der Waals surface area contributed by atoms with Crippen LogP contribution in [0.1, 0.15) is 48.3 Å². The van der Waals surface area contributed by atoms with Gasteiger partial charge in [-0.2, -0.15) is 12.6 Å². The zero-order valence-corrected chi connectivity index (χ0v) is 15.9. The molecule has 0 nitrogen and oxygen atoms in total. The van der Waals surface area contributed by atoms with Gasteiger partial charge in [-0.25, -0.2) is 4.39 Å². The lowest BCUT2D eigenvalue weighted by Gasteiger charge is -2.25. The van der Waals surface area contributed by atoms with Gasteiger partial charge in [-0.1, -0.05) is 35.5 Å². The average molecular weight is 354 g/mol. The van der Waals surface area contributed by atoms with Crippen molar-refractivity contribution in [2.24, 2.45) is 0 Å². The summed E-state index contributed by atoms with van der Waals surface area (Å²) in [5.41, 5.74) is 3.67. The number of hydrogen-bond acceptors (Lipinski definition) is 1. The predicted molar refractivity (Wildman–Crippen MR) is 110 cm³/mol. The lowest BCUT2D eigenvalue weighted by molar-refractivity contribution is 0.454. The fourth-order valence-electron chi connectivity index (χ4n) is 3.17. The number of rotatable bonds is 1. The van der Waals surface area contributed by atoms with Gasteiger partial charge >= 0.3 is 0 Å². The standard InChI is InChI=1S/C20H21BFPS/c21-18-12-9-16(19(22)20(18)23)6-3-13-1-4-14(5-2-13)15-7-10-17(24)11-8-15/h1-2,4-5,9,12,15,17,24H,7-8,10-11,21,23H2. The molecule has 1 aliphatic rings. The smallest absolute Gasteiger partial charge is 0.145 e. The minimum absolute atomic E-state index is 0.243. The second-order valence-electron chi connectivity index (χ2n) is 6.54. The summed E-state index contributed by atoms with van der Waals surface area (Å²) in [5.74, 6) is 6.43. The molecule has 0 saturated heterocycles. The molecule has 3 rings (SSSR count). The first-order valence-corrected chi connectivity index (χ1v) is 9.48. The van der Waals surface area contributed by atoms with E-state index in [2.05, 4.69) is 45.8 Å². The molecule has 1 fully saturated rings. The SMILES string of the molecule is Bc1ccc(C#Cc2ccc(C3CCC(S)CC3)cc2)c(F)c1P. The van der Waals surface area contributed by atoms with E-state index >= 15 is 0 Å². The van der Waals surface area contributed by atoms with Crippen molar-refractivity contribution in [2.75, 3.05) is 0 Å². The second-order valence-corrected chi connectivity index (χ2v) is 7.84. The fourth-order valence-corrected chi connectivity index (χ4v) is 3.72. The highest BCUT2D eigenvalue weighted by molar-refractivity contribution is 7.80. The zero-order valence-electron chi connectivity index (χ0n) is 13.8. The molecule has 0 aliphatic heterocycles. The highest BCUT2D eigenvalue weighted by Crippen LogP contribution is 2.34. The van der Waals surface area contributed by atoms with Crippen molar-refractivity contribution in [1.29, 1.82) is 0 Å². The Morgan fingerprint density at radius 3 is 2.33 bits per heavy atom. The molecular formula is C20H21BFPS. The maximum absolute atomic E-state index is 14.2. The molecule has 0 amide bonds. The van der Waals surface area contributed by atoms with Gasteiger partial charge in [-0.15, -0.1) is 9.24 Å². The summed E-state index contributed by atoms with van der Waals surface area (Å²) in [6.07, 6.45) is 4.81. The molecule has 2 aromatic carbocycles. The van der Waals surface area contributed by atoms with Crippen LogP contribution in [0.15, 0.2) is 36.4 Å². The van der Waals surface area contributed by atoms with Crippen molar-refractivity contribution in [3.63, 3.8) is 0 Å². The van der Waals surface area contributed by atoms with Crippen LogP contribution in [-0.4, -0.2) is 13.1 Å². The van der Waals surface area contributed by atoms with Crippen LogP contribution < -0.4 is 10.8 Å². The van der Waals surface area contributed by atoms with E-state index in [1.165, 1.54) is 31.2 Å². The van der Waals surface area contributed by atoms with Crippen LogP contribution in [0.3, 0.4) is 0 Å². The van der Waals surface area contributed by atoms with Gasteiger partial charge in [0, 0.05) is 16.1 Å². The monoisotopic (exact) mass is 354 g/mol. The first-order chi connectivity index (χ1) is 11.5. The van der Waals surface area contributed by atoms with Crippen LogP contribution in [0.25, 0.3) is 0 Å². The topological polar surface area (TPSA) is 0 Å². The van der Waals surface area contributed by atoms with Crippen LogP contribution in [0.4, 0.5) is 4.39 Å². The van der Waals surface area contributed by atoms with Gasteiger partial charge in [-0.05, 0) is 55.4 Å². The maximum atomic E-state index is 14.2. The van der Waals surface area contributed by atoms with Gasteiger partial charge in [0.1, 0.15) is 13.7 Å². The number of hydrogen-bond donors (Lipinski definition) is 1. The van der Waals surface area contributed by atoms with Crippen LogP contribution in [0.2, 0.25) is 0 Å². The Morgan fingerprint density at radius 2 is 1.67 bits per heavy atom. The van der Waals surface area contributed by atoms with Crippen LogP contribution in [0.5, 0.6) is 0 Å². The van der Waals surface area contributed by atoms with E-state index in [0.29, 0.717) is 22.0 Å². The van der Waals surface area contributed by atoms with E-state index in [-0.39, 0.29) is 5.82 Å². The number of thiol groups is 1. The van der Waals surface area contributed by atoms with Crippen molar-refractivity contribution < 1.29 is 4.39 Å². The molecule has 24 heavy (non-hydrogen) atoms. The fraction of sp³-hybridized carbons (Fsp3) is 0.300. The molecule has 2 aromatic rings. The molecule has 0 bridgehead atoms. The van der Waals surface area contributed by atoms with Crippen molar-refractivity contribution in [3.05, 3.63) is 58.9 Å². The van der Waals surface area contributed by atoms with Crippen LogP contribution in [-0.2, 0) is 0 Å². The van der Waals surface area contributed by atoms with E-state index in [1.54, 1.807) is 6.07 Å². The first kappa shape index (κ1) is 17.6. The van der Waals surface area contributed by atoms with E-state index in [4.69, 9.17) is 0 Å². The summed E-state index contributed by atoms with van der Waals surface area (Å²) in [5, 5.41) is 1.16. The molecule has 0 spiro atoms. The first-order valence-electron chi connectivity index (χ1n) is 8.39. The average Bonchev–Trinajstić information content (AvgIpc) is 2.60. The lowest BCUT2D eigenvalue weighted by atomic mass is 9.83. The van der Waals surface area contributed by atoms with E-state index < -0.39 is 0 Å². The highest BCUT2D eigenvalue weighted by Gasteiger charge is 2.19. The van der Waals surface area contributed by atoms with Crippen molar-refractivity contribution in [2.45, 2.75) is 36.9 Å². The van der Waals surface area contributed by atoms with Gasteiger partial charge in [0.05, 0.1) is 5.56 Å². The molecule has 1 saturated carbocycles. The molecule has 0 radical (unpaired) electrons. The molecular weight excluding hydrogens is 333 g/mol. The highest BCUT2D eigenvalue weighted by atomic mass is 32.1. The van der Waals surface area contributed by atoms with Crippen molar-refractivity contribution in [3.8, 4) is 11.8 Å². The van der Waals surface area contributed by atoms with E-state index in [0.717, 1.165) is 11.0 Å². The molecule has 1 unspecified atom stereocenters. The molecule has 122 valence electrons. The Labute approximate surface area is 152 Å². The summed E-state index contributed by atoms with van der Waals surface area (Å²) in [7, 11) is 4.34. The summed E-state index contributed by atoms with van der Waals surface area (Å²) < 4.78 is 14.2. The van der Waals surface area contributed by atoms with Gasteiger partial charge < -0.3 is 0 Å². The van der Waals surface area contributed by atoms with E-state index in [1.807, 2.05) is 26.0 Å². The summed E-state index contributed by atoms with van der Waals surface area (Å²) in [6, 6.07) is 12.1. The molecule has 0 aromatic heterocycles. The molecule has 1 atom stereocenters. The Morgan fingerprint density at radius 1 is 1.00 bits per heavy atom. The Balaban J connectivity index is 1.75. The Kier molecular flexibility index (Phi) is 5.70. The van der Waals surface area contributed by atoms with Gasteiger partial charge in [-0.3, -0.25) is 0 Å². The third kappa shape index (κ3) is 4.05. The summed E-state index contributed by atoms with van der Waals surface area (Å²) >= 11 is 4.56. The Hall–Kier alpha value is -1.23. The molecule has 0 N–H and O–H groups in total. The van der Waals surface area contributed by atoms with Gasteiger partial charge in [0.2, 0.25) is 0 Å². The number of benzene rings is 2. The Bertz CT molecular complexity index is 784. The van der Waals surface area contributed by atoms with E-state index in [9.17, 15) is 4.39 Å². The molecule has 1 aliphatic carbocycles. The van der Waals surface area contributed by atoms with Gasteiger partial charge in [0.15, 0.2) is 0 Å². The van der Waals surface area contributed by atoms with Crippen molar-refractivity contribution >= 4 is 40.5 Å². The largest absolute Gasteiger partial charge is 0.205 e. The van der Waals surface area contributed by atoms with Crippen molar-refractivity contribution in [1.82, 2.24) is 0 Å². The third-order valence-electron chi connectivity index (χ3n) is 4.82. The third-order valence-corrected chi connectivity index (χ3v) is 6.04. The predicted octanol–water partition coefficient (Wildman–Crippen LogP) is 2.94. The molecule has 0 heterocycles. The van der Waals surface area contributed by atoms with Crippen LogP contribution in [0, 0.1) is 17.7 Å². The quantitative estimate of drug-likeness (QED) is 0.346. The minimum atomic E-state index is -0.243. The summed E-state index contributed by atoms with van der Waals surface area (Å²) in [4.78, 5) is 0. The second kappa shape index (κ2) is 7.77. The number of halogens is 1. The molecule has 4 heteroatoms. The maximum Gasteiger partial charge on any atom is 0.145 e. The van der Waals surface area contributed by atoms with Gasteiger partial charge in [0.25, 0.3) is 0 Å². The minimum Gasteiger partial charge on any atom is -0.205 e. The normalized spacial score (nSPS) is 20.3. The zero-order chi connectivity index (χ0) is 17.1. The van der Waals surface area contributed by atoms with Crippen LogP contribution >= 0.6 is 21.9 Å². The lowest BCUT2D eigenvalue weighted by Crippen LogP contribution is -2.22. The summed E-state index contributed by atoms with van der Waals surface area (Å²) in [6.45, 7) is 0.